The number of hydrogen-bond donors (Lipinski definition) is 2. The van der Waals surface area contributed by atoms with E-state index < -0.39 is 6.10 Å². The van der Waals surface area contributed by atoms with Gasteiger partial charge in [-0.1, -0.05) is 12.1 Å². The Balaban J connectivity index is 1.69. The highest BCUT2D eigenvalue weighted by Crippen LogP contribution is 2.42. The van der Waals surface area contributed by atoms with E-state index in [1.165, 1.54) is 6.07 Å². The van der Waals surface area contributed by atoms with Gasteiger partial charge in [-0.3, -0.25) is 9.88 Å². The van der Waals surface area contributed by atoms with Crippen molar-refractivity contribution in [3.8, 4) is 0 Å². The van der Waals surface area contributed by atoms with Crippen LogP contribution in [0.2, 0.25) is 0 Å². The van der Waals surface area contributed by atoms with Crippen LogP contribution in [-0.2, 0) is 6.42 Å². The van der Waals surface area contributed by atoms with Gasteiger partial charge in [0.2, 0.25) is 0 Å². The Hall–Kier alpha value is -1.82. The molecule has 2 aromatic rings. The van der Waals surface area contributed by atoms with Crippen LogP contribution in [0.1, 0.15) is 60.2 Å². The first-order valence-corrected chi connectivity index (χ1v) is 10.3. The molecule has 1 aromatic carbocycles. The van der Waals surface area contributed by atoms with E-state index in [0.717, 1.165) is 54.6 Å². The van der Waals surface area contributed by atoms with Crippen molar-refractivity contribution in [2.75, 3.05) is 13.1 Å². The number of aliphatic hydroxyl groups is 2. The highest BCUT2D eigenvalue weighted by Gasteiger charge is 2.36. The van der Waals surface area contributed by atoms with Crippen LogP contribution >= 0.6 is 0 Å². The molecular weight excluding hydrogens is 355 g/mol. The van der Waals surface area contributed by atoms with Crippen LogP contribution in [0.25, 0.3) is 0 Å². The maximum atomic E-state index is 13.8. The summed E-state index contributed by atoms with van der Waals surface area (Å²) in [5.41, 5.74) is 3.94. The van der Waals surface area contributed by atoms with Crippen molar-refractivity contribution in [2.45, 2.75) is 57.3 Å². The number of piperidine rings is 1. The minimum absolute atomic E-state index is 0.0551. The molecule has 1 aliphatic carbocycles. The van der Waals surface area contributed by atoms with E-state index in [0.29, 0.717) is 13.0 Å². The number of rotatable bonds is 3. The highest BCUT2D eigenvalue weighted by atomic mass is 19.1. The molecule has 28 heavy (non-hydrogen) atoms. The SMILES string of the molecule is Cc1cc(F)ccc1C([C@@H]1CCc2cccnc2[C@@H](O)C1)N1CCC[C@@H](O)C1. The second-order valence-corrected chi connectivity index (χ2v) is 8.33. The zero-order valence-corrected chi connectivity index (χ0v) is 16.4. The van der Waals surface area contributed by atoms with Crippen LogP contribution < -0.4 is 0 Å². The van der Waals surface area contributed by atoms with E-state index in [-0.39, 0.29) is 23.9 Å². The Kier molecular flexibility index (Phi) is 5.76. The lowest BCUT2D eigenvalue weighted by molar-refractivity contribution is 0.0161. The van der Waals surface area contributed by atoms with Crippen molar-refractivity contribution < 1.29 is 14.6 Å². The third kappa shape index (κ3) is 3.97. The van der Waals surface area contributed by atoms with Gasteiger partial charge in [-0.2, -0.15) is 0 Å². The molecule has 2 N–H and O–H groups in total. The largest absolute Gasteiger partial charge is 0.392 e. The molecule has 0 bridgehead atoms. The Labute approximate surface area is 166 Å². The summed E-state index contributed by atoms with van der Waals surface area (Å²) in [7, 11) is 0. The summed E-state index contributed by atoms with van der Waals surface area (Å²) >= 11 is 0. The van der Waals surface area contributed by atoms with Gasteiger partial charge in [0.05, 0.1) is 17.9 Å². The minimum Gasteiger partial charge on any atom is -0.392 e. The first kappa shape index (κ1) is 19.5. The smallest absolute Gasteiger partial charge is 0.123 e. The van der Waals surface area contributed by atoms with Crippen molar-refractivity contribution in [3.63, 3.8) is 0 Å². The second-order valence-electron chi connectivity index (χ2n) is 8.33. The molecule has 1 unspecified atom stereocenters. The molecule has 150 valence electrons. The van der Waals surface area contributed by atoms with Gasteiger partial charge in [0.25, 0.3) is 0 Å². The molecule has 4 rings (SSSR count). The number of aromatic nitrogens is 1. The normalized spacial score (nSPS) is 27.1. The molecule has 0 saturated carbocycles. The maximum absolute atomic E-state index is 13.8. The zero-order valence-electron chi connectivity index (χ0n) is 16.4. The fourth-order valence-electron chi connectivity index (χ4n) is 5.06. The summed E-state index contributed by atoms with van der Waals surface area (Å²) in [5, 5.41) is 21.2. The molecule has 4 nitrogen and oxygen atoms in total. The lowest BCUT2D eigenvalue weighted by Crippen LogP contribution is -2.43. The van der Waals surface area contributed by atoms with Crippen LogP contribution in [0.15, 0.2) is 36.5 Å². The van der Waals surface area contributed by atoms with Gasteiger partial charge in [-0.15, -0.1) is 0 Å². The number of aliphatic hydroxyl groups excluding tert-OH is 2. The molecular formula is C23H29FN2O2. The summed E-state index contributed by atoms with van der Waals surface area (Å²) in [5.74, 6) is -0.0187. The molecule has 0 radical (unpaired) electrons. The summed E-state index contributed by atoms with van der Waals surface area (Å²) in [4.78, 5) is 6.77. The van der Waals surface area contributed by atoms with Gasteiger partial charge in [-0.25, -0.2) is 4.39 Å². The molecule has 1 aliphatic heterocycles. The predicted molar refractivity (Wildman–Crippen MR) is 106 cm³/mol. The van der Waals surface area contributed by atoms with Gasteiger partial charge >= 0.3 is 0 Å². The number of fused-ring (bicyclic) bond motifs is 1. The fraction of sp³-hybridized carbons (Fsp3) is 0.522. The van der Waals surface area contributed by atoms with E-state index >= 15 is 0 Å². The Bertz CT molecular complexity index is 828. The number of aryl methyl sites for hydroxylation is 2. The van der Waals surface area contributed by atoms with E-state index in [1.54, 1.807) is 12.3 Å². The van der Waals surface area contributed by atoms with Crippen LogP contribution in [-0.4, -0.2) is 39.3 Å². The summed E-state index contributed by atoms with van der Waals surface area (Å²) in [6.07, 6.45) is 5.03. The van der Waals surface area contributed by atoms with Crippen molar-refractivity contribution in [1.29, 1.82) is 0 Å². The number of hydrogen-bond acceptors (Lipinski definition) is 4. The van der Waals surface area contributed by atoms with Gasteiger partial charge in [0, 0.05) is 18.8 Å². The first-order chi connectivity index (χ1) is 13.5. The van der Waals surface area contributed by atoms with Crippen molar-refractivity contribution >= 4 is 0 Å². The standard InChI is InChI=1S/C23H29FN2O2/c1-15-12-18(24)8-9-20(15)23(26-11-3-5-19(27)14-26)17-7-6-16-4-2-10-25-22(16)21(28)13-17/h2,4,8-10,12,17,19,21,23,27-28H,3,5-7,11,13-14H2,1H3/t17-,19-,21+,23?/m1/s1. The second kappa shape index (κ2) is 8.27. The average Bonchev–Trinajstić information content (AvgIpc) is 2.83. The van der Waals surface area contributed by atoms with Crippen molar-refractivity contribution in [3.05, 3.63) is 64.7 Å². The molecule has 2 aliphatic rings. The molecule has 2 heterocycles. The molecule has 1 aromatic heterocycles. The zero-order chi connectivity index (χ0) is 19.7. The lowest BCUT2D eigenvalue weighted by atomic mass is 9.82. The molecule has 1 fully saturated rings. The number of likely N-dealkylation sites (tertiary alicyclic amines) is 1. The van der Waals surface area contributed by atoms with Gasteiger partial charge in [-0.05, 0) is 86.4 Å². The minimum atomic E-state index is -0.596. The number of pyridine rings is 1. The van der Waals surface area contributed by atoms with Crippen LogP contribution in [0.4, 0.5) is 4.39 Å². The van der Waals surface area contributed by atoms with Crippen LogP contribution in [0.5, 0.6) is 0 Å². The fourth-order valence-corrected chi connectivity index (χ4v) is 5.06. The molecule has 1 saturated heterocycles. The number of halogens is 1. The molecule has 0 spiro atoms. The molecule has 0 amide bonds. The number of β-amino-alcohol motifs (C(OH)–C–C–N with tert-alkyl or cyclic N) is 1. The van der Waals surface area contributed by atoms with E-state index in [2.05, 4.69) is 16.0 Å². The average molecular weight is 384 g/mol. The number of nitrogens with zero attached hydrogens (tertiary/aromatic N) is 2. The summed E-state index contributed by atoms with van der Waals surface area (Å²) < 4.78 is 13.8. The van der Waals surface area contributed by atoms with Crippen molar-refractivity contribution in [2.24, 2.45) is 5.92 Å². The van der Waals surface area contributed by atoms with E-state index in [1.807, 2.05) is 19.1 Å². The third-order valence-electron chi connectivity index (χ3n) is 6.37. The van der Waals surface area contributed by atoms with Crippen LogP contribution in [0, 0.1) is 18.7 Å². The topological polar surface area (TPSA) is 56.6 Å². The Morgan fingerprint density at radius 3 is 2.86 bits per heavy atom. The molecule has 5 heteroatoms. The first-order valence-electron chi connectivity index (χ1n) is 10.3. The summed E-state index contributed by atoms with van der Waals surface area (Å²) in [6.45, 7) is 3.49. The Morgan fingerprint density at radius 1 is 1.21 bits per heavy atom. The highest BCUT2D eigenvalue weighted by molar-refractivity contribution is 5.31. The van der Waals surface area contributed by atoms with Gasteiger partial charge < -0.3 is 10.2 Å². The van der Waals surface area contributed by atoms with Gasteiger partial charge in [0.1, 0.15) is 5.82 Å². The van der Waals surface area contributed by atoms with Crippen molar-refractivity contribution in [1.82, 2.24) is 9.88 Å². The Morgan fingerprint density at radius 2 is 2.07 bits per heavy atom. The molecule has 4 atom stereocenters. The third-order valence-corrected chi connectivity index (χ3v) is 6.37. The van der Waals surface area contributed by atoms with Crippen LogP contribution in [0.3, 0.4) is 0 Å². The summed E-state index contributed by atoms with van der Waals surface area (Å²) in [6, 6.07) is 9.04. The predicted octanol–water partition coefficient (Wildman–Crippen LogP) is 3.71. The lowest BCUT2D eigenvalue weighted by Gasteiger charge is -2.41. The van der Waals surface area contributed by atoms with E-state index in [4.69, 9.17) is 0 Å². The maximum Gasteiger partial charge on any atom is 0.123 e. The monoisotopic (exact) mass is 384 g/mol. The van der Waals surface area contributed by atoms with E-state index in [9.17, 15) is 14.6 Å². The number of benzene rings is 1. The quantitative estimate of drug-likeness (QED) is 0.792. The van der Waals surface area contributed by atoms with Gasteiger partial charge in [0.15, 0.2) is 0 Å².